The van der Waals surface area contributed by atoms with Crippen LogP contribution in [0.1, 0.15) is 43.4 Å². The third-order valence-corrected chi connectivity index (χ3v) is 7.59. The highest BCUT2D eigenvalue weighted by molar-refractivity contribution is 7.92. The second kappa shape index (κ2) is 13.4. The number of hydrogen-bond acceptors (Lipinski definition) is 4. The Hall–Kier alpha value is -3.72. The van der Waals surface area contributed by atoms with E-state index in [0.717, 1.165) is 21.7 Å². The van der Waals surface area contributed by atoms with E-state index in [2.05, 4.69) is 5.32 Å². The lowest BCUT2D eigenvalue weighted by Crippen LogP contribution is -2.53. The van der Waals surface area contributed by atoms with Gasteiger partial charge in [0.2, 0.25) is 21.8 Å². The molecule has 0 aliphatic heterocycles. The minimum atomic E-state index is -3.86. The van der Waals surface area contributed by atoms with Crippen molar-refractivity contribution in [2.24, 2.45) is 0 Å². The van der Waals surface area contributed by atoms with Crippen molar-refractivity contribution < 1.29 is 22.4 Å². The Morgan fingerprint density at radius 3 is 2.10 bits per heavy atom. The summed E-state index contributed by atoms with van der Waals surface area (Å²) in [7, 11) is -3.86. The Kier molecular flexibility index (Phi) is 10.2. The largest absolute Gasteiger partial charge is 0.355 e. The van der Waals surface area contributed by atoms with Crippen molar-refractivity contribution in [2.75, 3.05) is 23.7 Å². The number of nitrogens with one attached hydrogen (secondary N) is 1. The first-order valence-corrected chi connectivity index (χ1v) is 14.8. The monoisotopic (exact) mass is 553 g/mol. The van der Waals surface area contributed by atoms with Crippen LogP contribution in [0.4, 0.5) is 10.1 Å². The van der Waals surface area contributed by atoms with Gasteiger partial charge in [-0.1, -0.05) is 74.5 Å². The van der Waals surface area contributed by atoms with E-state index in [-0.39, 0.29) is 24.4 Å². The maximum atomic E-state index is 14.7. The van der Waals surface area contributed by atoms with Crippen LogP contribution < -0.4 is 9.62 Å². The van der Waals surface area contributed by atoms with E-state index in [0.29, 0.717) is 12.2 Å². The van der Waals surface area contributed by atoms with Crippen LogP contribution in [0, 0.1) is 5.82 Å². The standard InChI is InChI=1S/C30H36FN3O4S/c1-5-32-30(36)28(19-23-11-7-6-8-12-23)33(20-25-13-9-10-14-27(25)31)29(35)21-34(39(4,37)38)26-17-15-24(16-18-26)22(2)3/h6-18,22,28H,5,19-21H2,1-4H3,(H,32,36)/t28-/m0/s1. The lowest BCUT2D eigenvalue weighted by Gasteiger charge is -2.33. The minimum Gasteiger partial charge on any atom is -0.355 e. The predicted molar refractivity (Wildman–Crippen MR) is 152 cm³/mol. The van der Waals surface area contributed by atoms with Gasteiger partial charge in [-0.2, -0.15) is 0 Å². The van der Waals surface area contributed by atoms with Gasteiger partial charge < -0.3 is 10.2 Å². The van der Waals surface area contributed by atoms with Crippen molar-refractivity contribution in [2.45, 2.75) is 45.7 Å². The summed E-state index contributed by atoms with van der Waals surface area (Å²) in [5.74, 6) is -1.30. The van der Waals surface area contributed by atoms with Crippen molar-refractivity contribution in [1.82, 2.24) is 10.2 Å². The Balaban J connectivity index is 2.04. The first-order chi connectivity index (χ1) is 18.5. The topological polar surface area (TPSA) is 86.8 Å². The number of likely N-dealkylation sites (N-methyl/N-ethyl adjacent to an activating group) is 1. The summed E-state index contributed by atoms with van der Waals surface area (Å²) in [6.45, 7) is 5.42. The summed E-state index contributed by atoms with van der Waals surface area (Å²) in [6, 6.07) is 21.2. The number of halogens is 1. The number of hydrogen-bond donors (Lipinski definition) is 1. The van der Waals surface area contributed by atoms with Gasteiger partial charge in [0, 0.05) is 25.1 Å². The summed E-state index contributed by atoms with van der Waals surface area (Å²) in [4.78, 5) is 28.5. The number of amides is 2. The van der Waals surface area contributed by atoms with Gasteiger partial charge in [0.05, 0.1) is 11.9 Å². The van der Waals surface area contributed by atoms with Crippen LogP contribution in [0.25, 0.3) is 0 Å². The van der Waals surface area contributed by atoms with Gasteiger partial charge in [-0.05, 0) is 42.2 Å². The quantitative estimate of drug-likeness (QED) is 0.358. The van der Waals surface area contributed by atoms with Gasteiger partial charge in [0.15, 0.2) is 0 Å². The number of benzene rings is 3. The average molecular weight is 554 g/mol. The summed E-state index contributed by atoms with van der Waals surface area (Å²) >= 11 is 0. The van der Waals surface area contributed by atoms with Gasteiger partial charge >= 0.3 is 0 Å². The molecule has 0 unspecified atom stereocenters. The Bertz CT molecular complexity index is 1360. The molecule has 0 aliphatic carbocycles. The number of anilines is 1. The molecule has 7 nitrogen and oxygen atoms in total. The number of nitrogens with zero attached hydrogens (tertiary/aromatic N) is 2. The molecule has 0 aromatic heterocycles. The van der Waals surface area contributed by atoms with E-state index >= 15 is 0 Å². The molecule has 0 heterocycles. The zero-order chi connectivity index (χ0) is 28.6. The molecule has 9 heteroatoms. The van der Waals surface area contributed by atoms with E-state index in [1.807, 2.05) is 56.3 Å². The van der Waals surface area contributed by atoms with Crippen LogP contribution in [0.5, 0.6) is 0 Å². The van der Waals surface area contributed by atoms with Crippen LogP contribution >= 0.6 is 0 Å². The maximum Gasteiger partial charge on any atom is 0.244 e. The summed E-state index contributed by atoms with van der Waals surface area (Å²) in [6.07, 6.45) is 1.21. The predicted octanol–water partition coefficient (Wildman–Crippen LogP) is 4.49. The van der Waals surface area contributed by atoms with Crippen LogP contribution in [-0.4, -0.2) is 50.5 Å². The molecule has 0 saturated heterocycles. The number of carbonyl (C=O) groups is 2. The number of sulfonamides is 1. The molecule has 1 N–H and O–H groups in total. The molecule has 0 saturated carbocycles. The molecule has 3 aromatic rings. The molecule has 39 heavy (non-hydrogen) atoms. The SMILES string of the molecule is CCNC(=O)[C@H](Cc1ccccc1)N(Cc1ccccc1F)C(=O)CN(c1ccc(C(C)C)cc1)S(C)(=O)=O. The molecule has 0 bridgehead atoms. The number of carbonyl (C=O) groups excluding carboxylic acids is 2. The number of rotatable bonds is 12. The normalized spacial score (nSPS) is 12.2. The molecule has 0 radical (unpaired) electrons. The second-order valence-electron chi connectivity index (χ2n) is 9.73. The van der Waals surface area contributed by atoms with E-state index < -0.39 is 40.2 Å². The maximum absolute atomic E-state index is 14.7. The highest BCUT2D eigenvalue weighted by Crippen LogP contribution is 2.23. The van der Waals surface area contributed by atoms with Crippen LogP contribution in [0.2, 0.25) is 0 Å². The fourth-order valence-electron chi connectivity index (χ4n) is 4.30. The van der Waals surface area contributed by atoms with E-state index in [1.165, 1.54) is 11.0 Å². The summed E-state index contributed by atoms with van der Waals surface area (Å²) < 4.78 is 41.4. The first kappa shape index (κ1) is 29.8. The van der Waals surface area contributed by atoms with Gasteiger partial charge in [-0.15, -0.1) is 0 Å². The lowest BCUT2D eigenvalue weighted by molar-refractivity contribution is -0.140. The molecular weight excluding hydrogens is 517 g/mol. The Morgan fingerprint density at radius 1 is 0.923 bits per heavy atom. The van der Waals surface area contributed by atoms with E-state index in [9.17, 15) is 22.4 Å². The molecule has 0 fully saturated rings. The van der Waals surface area contributed by atoms with Gasteiger partial charge in [-0.25, -0.2) is 12.8 Å². The highest BCUT2D eigenvalue weighted by Gasteiger charge is 2.33. The smallest absolute Gasteiger partial charge is 0.244 e. The fraction of sp³-hybridized carbons (Fsp3) is 0.333. The Labute approximate surface area is 230 Å². The van der Waals surface area contributed by atoms with Crippen molar-refractivity contribution >= 4 is 27.5 Å². The van der Waals surface area contributed by atoms with Crippen molar-refractivity contribution in [3.8, 4) is 0 Å². The van der Waals surface area contributed by atoms with Gasteiger partial charge in [-0.3, -0.25) is 13.9 Å². The van der Waals surface area contributed by atoms with Crippen molar-refractivity contribution in [3.63, 3.8) is 0 Å². The molecule has 0 spiro atoms. The summed E-state index contributed by atoms with van der Waals surface area (Å²) in [5, 5.41) is 2.78. The average Bonchev–Trinajstić information content (AvgIpc) is 2.90. The third-order valence-electron chi connectivity index (χ3n) is 6.45. The highest BCUT2D eigenvalue weighted by atomic mass is 32.2. The zero-order valence-electron chi connectivity index (χ0n) is 22.8. The van der Waals surface area contributed by atoms with Crippen LogP contribution in [-0.2, 0) is 32.6 Å². The fourth-order valence-corrected chi connectivity index (χ4v) is 5.14. The lowest BCUT2D eigenvalue weighted by atomic mass is 10.0. The van der Waals surface area contributed by atoms with E-state index in [1.54, 1.807) is 37.3 Å². The molecule has 1 atom stereocenters. The zero-order valence-corrected chi connectivity index (χ0v) is 23.6. The second-order valence-corrected chi connectivity index (χ2v) is 11.6. The molecule has 0 aliphatic rings. The first-order valence-electron chi connectivity index (χ1n) is 12.9. The van der Waals surface area contributed by atoms with Gasteiger partial charge in [0.1, 0.15) is 18.4 Å². The van der Waals surface area contributed by atoms with Gasteiger partial charge in [0.25, 0.3) is 0 Å². The summed E-state index contributed by atoms with van der Waals surface area (Å²) in [5.41, 5.74) is 2.39. The van der Waals surface area contributed by atoms with E-state index in [4.69, 9.17) is 0 Å². The molecule has 3 aromatic carbocycles. The van der Waals surface area contributed by atoms with Crippen LogP contribution in [0.3, 0.4) is 0 Å². The molecule has 2 amide bonds. The Morgan fingerprint density at radius 2 is 1.54 bits per heavy atom. The van der Waals surface area contributed by atoms with Crippen LogP contribution in [0.15, 0.2) is 78.9 Å². The molecular formula is C30H36FN3O4S. The third kappa shape index (κ3) is 8.13. The molecule has 208 valence electrons. The van der Waals surface area contributed by atoms with Crippen molar-refractivity contribution in [1.29, 1.82) is 0 Å². The minimum absolute atomic E-state index is 0.175. The van der Waals surface area contributed by atoms with Crippen molar-refractivity contribution in [3.05, 3.63) is 101 Å². The molecule has 3 rings (SSSR count).